The molecular weight excluding hydrogens is 257 g/mol. The van der Waals surface area contributed by atoms with Gasteiger partial charge in [0.1, 0.15) is 5.82 Å². The third-order valence-corrected chi connectivity index (χ3v) is 4.61. The lowest BCUT2D eigenvalue weighted by Crippen LogP contribution is -2.35. The van der Waals surface area contributed by atoms with Crippen molar-refractivity contribution in [2.75, 3.05) is 11.5 Å². The maximum atomic E-state index is 13.4. The van der Waals surface area contributed by atoms with Gasteiger partial charge < -0.3 is 5.32 Å². The Bertz CT molecular complexity index is 380. The Balaban J connectivity index is 1.98. The van der Waals surface area contributed by atoms with Crippen molar-refractivity contribution in [3.05, 3.63) is 34.6 Å². The second kappa shape index (κ2) is 6.07. The van der Waals surface area contributed by atoms with E-state index >= 15 is 0 Å². The fourth-order valence-corrected chi connectivity index (χ4v) is 3.31. The van der Waals surface area contributed by atoms with Gasteiger partial charge in [-0.15, -0.1) is 0 Å². The molecule has 1 aromatic carbocycles. The first-order chi connectivity index (χ1) is 8.16. The number of hydrogen-bond acceptors (Lipinski definition) is 2. The summed E-state index contributed by atoms with van der Waals surface area (Å²) in [6.45, 7) is 2.07. The van der Waals surface area contributed by atoms with Crippen molar-refractivity contribution in [1.82, 2.24) is 5.32 Å². The molecule has 0 saturated carbocycles. The van der Waals surface area contributed by atoms with Crippen LogP contribution in [0.3, 0.4) is 0 Å². The van der Waals surface area contributed by atoms with Crippen molar-refractivity contribution in [2.24, 2.45) is 0 Å². The predicted octanol–water partition coefficient (Wildman–Crippen LogP) is 4.03. The molecule has 2 unspecified atom stereocenters. The summed E-state index contributed by atoms with van der Waals surface area (Å²) in [6, 6.07) is 5.75. The minimum absolute atomic E-state index is 0.172. The minimum atomic E-state index is -0.337. The van der Waals surface area contributed by atoms with E-state index < -0.39 is 0 Å². The summed E-state index contributed by atoms with van der Waals surface area (Å²) in [5.74, 6) is 2.08. The Labute approximate surface area is 111 Å². The summed E-state index contributed by atoms with van der Waals surface area (Å²) < 4.78 is 13.4. The van der Waals surface area contributed by atoms with Crippen LogP contribution < -0.4 is 5.32 Å². The van der Waals surface area contributed by atoms with Gasteiger partial charge >= 0.3 is 0 Å². The van der Waals surface area contributed by atoms with Crippen LogP contribution in [0.5, 0.6) is 0 Å². The summed E-state index contributed by atoms with van der Waals surface area (Å²) in [5.41, 5.74) is 0.961. The summed E-state index contributed by atoms with van der Waals surface area (Å²) in [7, 11) is 0. The molecule has 0 aliphatic carbocycles. The van der Waals surface area contributed by atoms with Gasteiger partial charge in [0.2, 0.25) is 0 Å². The lowest BCUT2D eigenvalue weighted by Gasteiger charge is -2.26. The maximum Gasteiger partial charge on any atom is 0.142 e. The Kier molecular flexibility index (Phi) is 4.71. The predicted molar refractivity (Wildman–Crippen MR) is 73.3 cm³/mol. The molecular formula is C13H17ClFNS. The summed E-state index contributed by atoms with van der Waals surface area (Å²) in [6.07, 6.45) is 2.48. The second-order valence-electron chi connectivity index (χ2n) is 4.48. The van der Waals surface area contributed by atoms with Crippen molar-refractivity contribution >= 4 is 23.4 Å². The lowest BCUT2D eigenvalue weighted by atomic mass is 10.1. The zero-order valence-corrected chi connectivity index (χ0v) is 11.5. The first kappa shape index (κ1) is 13.2. The Morgan fingerprint density at radius 1 is 1.53 bits per heavy atom. The standard InChI is InChI=1S/C13H17ClFNS/c1-9(16-11-3-2-6-17-8-11)10-4-5-12(14)13(15)7-10/h4-5,7,9,11,16H,2-3,6,8H2,1H3. The van der Waals surface area contributed by atoms with E-state index in [1.54, 1.807) is 6.07 Å². The Hall–Kier alpha value is -0.250. The lowest BCUT2D eigenvalue weighted by molar-refractivity contribution is 0.451. The van der Waals surface area contributed by atoms with Gasteiger partial charge in [-0.2, -0.15) is 11.8 Å². The SMILES string of the molecule is CC(NC1CCCSC1)c1ccc(Cl)c(F)c1. The van der Waals surface area contributed by atoms with Crippen LogP contribution in [0.1, 0.15) is 31.4 Å². The van der Waals surface area contributed by atoms with Gasteiger partial charge in [-0.1, -0.05) is 17.7 Å². The van der Waals surface area contributed by atoms with Crippen LogP contribution in [0.2, 0.25) is 5.02 Å². The minimum Gasteiger partial charge on any atom is -0.307 e. The molecule has 0 bridgehead atoms. The molecule has 1 nitrogen and oxygen atoms in total. The van der Waals surface area contributed by atoms with Crippen LogP contribution in [0.25, 0.3) is 0 Å². The highest BCUT2D eigenvalue weighted by atomic mass is 35.5. The van der Waals surface area contributed by atoms with Crippen LogP contribution in [0, 0.1) is 5.82 Å². The monoisotopic (exact) mass is 273 g/mol. The molecule has 17 heavy (non-hydrogen) atoms. The van der Waals surface area contributed by atoms with Crippen molar-refractivity contribution in [2.45, 2.75) is 31.8 Å². The molecule has 2 rings (SSSR count). The molecule has 1 aliphatic rings. The topological polar surface area (TPSA) is 12.0 Å². The third-order valence-electron chi connectivity index (χ3n) is 3.09. The maximum absolute atomic E-state index is 13.4. The van der Waals surface area contributed by atoms with Crippen LogP contribution in [0.15, 0.2) is 18.2 Å². The largest absolute Gasteiger partial charge is 0.307 e. The number of thioether (sulfide) groups is 1. The molecule has 0 spiro atoms. The van der Waals surface area contributed by atoms with E-state index in [0.29, 0.717) is 6.04 Å². The molecule has 1 aliphatic heterocycles. The summed E-state index contributed by atoms with van der Waals surface area (Å²) in [5, 5.41) is 3.74. The summed E-state index contributed by atoms with van der Waals surface area (Å²) in [4.78, 5) is 0. The van der Waals surface area contributed by atoms with E-state index in [1.165, 1.54) is 24.7 Å². The van der Waals surface area contributed by atoms with Gasteiger partial charge in [-0.3, -0.25) is 0 Å². The molecule has 0 radical (unpaired) electrons. The van der Waals surface area contributed by atoms with Crippen molar-refractivity contribution in [3.8, 4) is 0 Å². The summed E-state index contributed by atoms with van der Waals surface area (Å²) >= 11 is 7.67. The van der Waals surface area contributed by atoms with E-state index in [4.69, 9.17) is 11.6 Å². The van der Waals surface area contributed by atoms with Gasteiger partial charge in [-0.05, 0) is 43.2 Å². The van der Waals surface area contributed by atoms with Gasteiger partial charge in [0, 0.05) is 17.8 Å². The number of halogens is 2. The third kappa shape index (κ3) is 3.60. The molecule has 0 amide bonds. The Morgan fingerprint density at radius 3 is 3.00 bits per heavy atom. The van der Waals surface area contributed by atoms with E-state index in [2.05, 4.69) is 12.2 Å². The molecule has 94 valence electrons. The van der Waals surface area contributed by atoms with Gasteiger partial charge in [0.05, 0.1) is 5.02 Å². The molecule has 1 heterocycles. The number of nitrogens with one attached hydrogen (secondary N) is 1. The number of rotatable bonds is 3. The smallest absolute Gasteiger partial charge is 0.142 e. The Morgan fingerprint density at radius 2 is 2.35 bits per heavy atom. The molecule has 1 fully saturated rings. The molecule has 0 aromatic heterocycles. The number of hydrogen-bond donors (Lipinski definition) is 1. The normalized spacial score (nSPS) is 22.4. The van der Waals surface area contributed by atoms with Crippen molar-refractivity contribution < 1.29 is 4.39 Å². The van der Waals surface area contributed by atoms with Gasteiger partial charge in [-0.25, -0.2) is 4.39 Å². The quantitative estimate of drug-likeness (QED) is 0.893. The highest BCUT2D eigenvalue weighted by Crippen LogP contribution is 2.23. The van der Waals surface area contributed by atoms with E-state index in [0.717, 1.165) is 11.3 Å². The molecule has 1 saturated heterocycles. The molecule has 1 aromatic rings. The first-order valence-corrected chi connectivity index (χ1v) is 7.49. The average molecular weight is 274 g/mol. The van der Waals surface area contributed by atoms with Gasteiger partial charge in [0.15, 0.2) is 0 Å². The van der Waals surface area contributed by atoms with Crippen LogP contribution in [-0.4, -0.2) is 17.5 Å². The average Bonchev–Trinajstić information content (AvgIpc) is 2.34. The van der Waals surface area contributed by atoms with Crippen LogP contribution >= 0.6 is 23.4 Å². The highest BCUT2D eigenvalue weighted by molar-refractivity contribution is 7.99. The zero-order valence-electron chi connectivity index (χ0n) is 9.88. The highest BCUT2D eigenvalue weighted by Gasteiger charge is 2.17. The van der Waals surface area contributed by atoms with Crippen LogP contribution in [0.4, 0.5) is 4.39 Å². The van der Waals surface area contributed by atoms with E-state index in [1.807, 2.05) is 17.8 Å². The molecule has 1 N–H and O–H groups in total. The van der Waals surface area contributed by atoms with Gasteiger partial charge in [0.25, 0.3) is 0 Å². The van der Waals surface area contributed by atoms with Crippen molar-refractivity contribution in [1.29, 1.82) is 0 Å². The number of benzene rings is 1. The van der Waals surface area contributed by atoms with Crippen molar-refractivity contribution in [3.63, 3.8) is 0 Å². The molecule has 4 heteroatoms. The van der Waals surface area contributed by atoms with E-state index in [9.17, 15) is 4.39 Å². The fraction of sp³-hybridized carbons (Fsp3) is 0.538. The first-order valence-electron chi connectivity index (χ1n) is 5.95. The van der Waals surface area contributed by atoms with E-state index in [-0.39, 0.29) is 16.9 Å². The zero-order chi connectivity index (χ0) is 12.3. The fourth-order valence-electron chi connectivity index (χ4n) is 2.10. The van der Waals surface area contributed by atoms with Crippen LogP contribution in [-0.2, 0) is 0 Å². The second-order valence-corrected chi connectivity index (χ2v) is 6.03. The molecule has 2 atom stereocenters.